The molecule has 2 saturated heterocycles. The van der Waals surface area contributed by atoms with Crippen molar-refractivity contribution in [1.29, 1.82) is 0 Å². The zero-order chi connectivity index (χ0) is 30.2. The van der Waals surface area contributed by atoms with Crippen molar-refractivity contribution in [2.45, 2.75) is 76.5 Å². The number of anilines is 1. The van der Waals surface area contributed by atoms with Crippen LogP contribution in [0.3, 0.4) is 0 Å². The number of phenolic OH excluding ortho intramolecular Hbond substituents is 1. The summed E-state index contributed by atoms with van der Waals surface area (Å²) in [7, 11) is 0. The molecule has 230 valence electrons. The van der Waals surface area contributed by atoms with Crippen LogP contribution in [-0.2, 0) is 6.42 Å². The number of fused-ring (bicyclic) bond motifs is 5. The van der Waals surface area contributed by atoms with Crippen LogP contribution in [0.15, 0.2) is 36.4 Å². The van der Waals surface area contributed by atoms with Crippen LogP contribution >= 0.6 is 0 Å². The summed E-state index contributed by atoms with van der Waals surface area (Å²) in [5, 5.41) is 15.9. The molecular formula is C35H37F3N4O2. The molecule has 4 aliphatic rings. The van der Waals surface area contributed by atoms with Crippen LogP contribution in [0.5, 0.6) is 11.8 Å². The van der Waals surface area contributed by atoms with Crippen LogP contribution in [0.1, 0.15) is 57.4 Å². The number of phenols is 1. The van der Waals surface area contributed by atoms with Gasteiger partial charge in [0.1, 0.15) is 29.1 Å². The molecule has 2 N–H and O–H groups in total. The Kier molecular flexibility index (Phi) is 6.66. The molecule has 0 spiro atoms. The largest absolute Gasteiger partial charge is 0.508 e. The van der Waals surface area contributed by atoms with Crippen LogP contribution in [0.4, 0.5) is 19.0 Å². The van der Waals surface area contributed by atoms with E-state index in [2.05, 4.69) is 15.2 Å². The summed E-state index contributed by atoms with van der Waals surface area (Å²) >= 11 is 0. The minimum Gasteiger partial charge on any atom is -0.508 e. The van der Waals surface area contributed by atoms with Gasteiger partial charge in [-0.2, -0.15) is 9.97 Å². The fourth-order valence-electron chi connectivity index (χ4n) is 8.80. The Morgan fingerprint density at radius 1 is 1.09 bits per heavy atom. The van der Waals surface area contributed by atoms with E-state index < -0.39 is 17.8 Å². The summed E-state index contributed by atoms with van der Waals surface area (Å²) in [6, 6.07) is 10.6. The number of alkyl halides is 1. The van der Waals surface area contributed by atoms with E-state index in [1.807, 2.05) is 25.1 Å². The van der Waals surface area contributed by atoms with E-state index in [9.17, 15) is 9.50 Å². The first kappa shape index (κ1) is 27.9. The van der Waals surface area contributed by atoms with E-state index in [0.29, 0.717) is 54.3 Å². The van der Waals surface area contributed by atoms with Crippen molar-refractivity contribution in [3.05, 3.63) is 53.6 Å². The maximum atomic E-state index is 16.9. The highest BCUT2D eigenvalue weighted by atomic mass is 19.1. The molecule has 0 radical (unpaired) electrons. The predicted octanol–water partition coefficient (Wildman–Crippen LogP) is 7.23. The van der Waals surface area contributed by atoms with Crippen LogP contribution in [0, 0.1) is 23.0 Å². The fourth-order valence-corrected chi connectivity index (χ4v) is 8.80. The molecule has 3 unspecified atom stereocenters. The lowest BCUT2D eigenvalue weighted by atomic mass is 9.81. The lowest BCUT2D eigenvalue weighted by Gasteiger charge is -2.34. The Balaban J connectivity index is 1.29. The molecule has 2 aliphatic carbocycles. The third-order valence-corrected chi connectivity index (χ3v) is 10.8. The number of aromatic nitrogens is 2. The fraction of sp³-hybridized carbons (Fsp3) is 0.486. The van der Waals surface area contributed by atoms with Crippen LogP contribution in [0.2, 0.25) is 0 Å². The Labute approximate surface area is 254 Å². The first-order chi connectivity index (χ1) is 21.3. The molecule has 44 heavy (non-hydrogen) atoms. The number of rotatable bonds is 6. The lowest BCUT2D eigenvalue weighted by Crippen LogP contribution is -2.51. The number of piperazine rings is 1. The second-order valence-corrected chi connectivity index (χ2v) is 13.5. The zero-order valence-corrected chi connectivity index (χ0v) is 24.9. The topological polar surface area (TPSA) is 70.5 Å². The van der Waals surface area contributed by atoms with Gasteiger partial charge in [0, 0.05) is 36.0 Å². The van der Waals surface area contributed by atoms with Crippen LogP contribution < -0.4 is 15.0 Å². The normalized spacial score (nSPS) is 27.9. The molecule has 5 atom stereocenters. The number of benzene rings is 3. The van der Waals surface area contributed by atoms with Crippen LogP contribution in [0.25, 0.3) is 32.8 Å². The average molecular weight is 603 g/mol. The smallest absolute Gasteiger partial charge is 0.319 e. The Hall–Kier alpha value is -3.59. The minimum atomic E-state index is -0.832. The number of halogens is 3. The third kappa shape index (κ3) is 4.49. The van der Waals surface area contributed by atoms with Crippen molar-refractivity contribution in [1.82, 2.24) is 15.3 Å². The molecule has 6 nitrogen and oxygen atoms in total. The van der Waals surface area contributed by atoms with Crippen LogP contribution in [-0.4, -0.2) is 53.0 Å². The van der Waals surface area contributed by atoms with E-state index in [0.717, 1.165) is 37.7 Å². The molecule has 8 rings (SSSR count). The molecule has 1 aromatic heterocycles. The molecule has 9 heteroatoms. The summed E-state index contributed by atoms with van der Waals surface area (Å²) in [5.41, 5.74) is 0.696. The molecule has 4 aromatic rings. The Morgan fingerprint density at radius 2 is 1.91 bits per heavy atom. The van der Waals surface area contributed by atoms with Gasteiger partial charge in [0.2, 0.25) is 0 Å². The highest BCUT2D eigenvalue weighted by Gasteiger charge is 2.51. The predicted molar refractivity (Wildman–Crippen MR) is 165 cm³/mol. The minimum absolute atomic E-state index is 0.0204. The van der Waals surface area contributed by atoms with Gasteiger partial charge in [0.15, 0.2) is 5.82 Å². The Morgan fingerprint density at radius 3 is 2.70 bits per heavy atom. The SMILES string of the molecule is CCc1cccc2cc(O)cc(-c3c(F)cc4c(N5CC6CCC(C5)N6)nc(OC[C@@]56CCCC5C[C@H](F)C6)nc4c3F)c12. The highest BCUT2D eigenvalue weighted by molar-refractivity contribution is 6.03. The molecular weight excluding hydrogens is 565 g/mol. The van der Waals surface area contributed by atoms with Gasteiger partial charge >= 0.3 is 6.01 Å². The molecule has 0 amide bonds. The van der Waals surface area contributed by atoms with E-state index in [1.54, 1.807) is 6.07 Å². The number of hydrogen-bond donors (Lipinski definition) is 2. The van der Waals surface area contributed by atoms with Gasteiger partial charge in [-0.05, 0) is 91.0 Å². The summed E-state index contributed by atoms with van der Waals surface area (Å²) in [6.07, 6.45) is 5.87. The van der Waals surface area contributed by atoms with Gasteiger partial charge in [-0.25, -0.2) is 13.2 Å². The van der Waals surface area contributed by atoms with Crippen molar-refractivity contribution >= 4 is 27.5 Å². The van der Waals surface area contributed by atoms with Crippen molar-refractivity contribution in [2.75, 3.05) is 24.6 Å². The number of nitrogens with zero attached hydrogens (tertiary/aromatic N) is 3. The van der Waals surface area contributed by atoms with E-state index in [4.69, 9.17) is 9.72 Å². The van der Waals surface area contributed by atoms with E-state index in [1.165, 1.54) is 12.1 Å². The van der Waals surface area contributed by atoms with Gasteiger partial charge in [0.05, 0.1) is 12.2 Å². The van der Waals surface area contributed by atoms with Gasteiger partial charge in [-0.3, -0.25) is 0 Å². The molecule has 3 aromatic carbocycles. The molecule has 2 aliphatic heterocycles. The summed E-state index contributed by atoms with van der Waals surface area (Å²) < 4.78 is 53.9. The molecule has 2 saturated carbocycles. The van der Waals surface area contributed by atoms with E-state index in [-0.39, 0.29) is 58.4 Å². The van der Waals surface area contributed by atoms with Gasteiger partial charge < -0.3 is 20.1 Å². The second kappa shape index (κ2) is 10.5. The summed E-state index contributed by atoms with van der Waals surface area (Å²) in [6.45, 7) is 3.61. The first-order valence-corrected chi connectivity index (χ1v) is 16.0. The van der Waals surface area contributed by atoms with Crippen molar-refractivity contribution in [2.24, 2.45) is 11.3 Å². The molecule has 3 heterocycles. The third-order valence-electron chi connectivity index (χ3n) is 10.8. The number of aromatic hydroxyl groups is 1. The van der Waals surface area contributed by atoms with E-state index >= 15 is 8.78 Å². The zero-order valence-electron chi connectivity index (χ0n) is 24.9. The monoisotopic (exact) mass is 602 g/mol. The first-order valence-electron chi connectivity index (χ1n) is 16.0. The maximum Gasteiger partial charge on any atom is 0.319 e. The number of nitrogens with one attached hydrogen (secondary N) is 1. The van der Waals surface area contributed by atoms with Crippen molar-refractivity contribution in [3.63, 3.8) is 0 Å². The molecule has 2 bridgehead atoms. The summed E-state index contributed by atoms with van der Waals surface area (Å²) in [5.74, 6) is -0.900. The average Bonchev–Trinajstić information content (AvgIpc) is 3.65. The Bertz CT molecular complexity index is 1770. The highest BCUT2D eigenvalue weighted by Crippen LogP contribution is 2.55. The number of ether oxygens (including phenoxy) is 1. The van der Waals surface area contributed by atoms with Crippen molar-refractivity contribution < 1.29 is 23.0 Å². The van der Waals surface area contributed by atoms with Gasteiger partial charge in [-0.1, -0.05) is 31.5 Å². The van der Waals surface area contributed by atoms with Gasteiger partial charge in [0.25, 0.3) is 0 Å². The number of aryl methyl sites for hydroxylation is 1. The second-order valence-electron chi connectivity index (χ2n) is 13.5. The molecule has 4 fully saturated rings. The quantitative estimate of drug-likeness (QED) is 0.243. The number of hydrogen-bond acceptors (Lipinski definition) is 6. The lowest BCUT2D eigenvalue weighted by molar-refractivity contribution is 0.110. The standard InChI is InChI=1S/C35H37F3N4O2/c1-2-19-5-3-6-20-11-25(43)13-26(29(19)20)30-28(37)14-27-32(31(30)38)40-34(41-33(27)42-16-23-8-9-24(17-42)39-23)44-18-35-10-4-7-21(35)12-22(36)15-35/h3,5-6,11,13-14,21-24,39,43H,2,4,7-10,12,15-18H2,1H3/t21?,22-,23?,24?,35-/m0/s1. The van der Waals surface area contributed by atoms with Gasteiger partial charge in [-0.15, -0.1) is 0 Å². The maximum absolute atomic E-state index is 16.9. The van der Waals surface area contributed by atoms with Crippen molar-refractivity contribution in [3.8, 4) is 22.9 Å². The summed E-state index contributed by atoms with van der Waals surface area (Å²) in [4.78, 5) is 11.5.